The summed E-state index contributed by atoms with van der Waals surface area (Å²) in [6, 6.07) is 16.7. The number of para-hydroxylation sites is 1. The molecular weight excluding hydrogens is 336 g/mol. The van der Waals surface area contributed by atoms with Crippen LogP contribution in [0, 0.1) is 0 Å². The zero-order valence-electron chi connectivity index (χ0n) is 15.3. The van der Waals surface area contributed by atoms with E-state index < -0.39 is 8.80 Å². The minimum Gasteiger partial charge on any atom is -0.493 e. The van der Waals surface area contributed by atoms with E-state index in [2.05, 4.69) is 12.1 Å². The first kappa shape index (κ1) is 19.5. The van der Waals surface area contributed by atoms with Crippen molar-refractivity contribution in [3.63, 3.8) is 0 Å². The van der Waals surface area contributed by atoms with Crippen molar-refractivity contribution >= 4 is 8.80 Å². The van der Waals surface area contributed by atoms with Crippen molar-refractivity contribution in [2.75, 3.05) is 35.0 Å². The molecule has 0 aliphatic rings. The molecular formula is C19H26O5Si. The molecule has 0 saturated carbocycles. The Morgan fingerprint density at radius 3 is 2.08 bits per heavy atom. The van der Waals surface area contributed by atoms with Crippen LogP contribution in [0.4, 0.5) is 0 Å². The zero-order chi connectivity index (χ0) is 18.1. The van der Waals surface area contributed by atoms with Crippen LogP contribution in [0.5, 0.6) is 11.5 Å². The zero-order valence-corrected chi connectivity index (χ0v) is 16.3. The summed E-state index contributed by atoms with van der Waals surface area (Å²) in [4.78, 5) is 0. The van der Waals surface area contributed by atoms with Crippen molar-refractivity contribution < 1.29 is 22.8 Å². The Hall–Kier alpha value is -1.86. The highest BCUT2D eigenvalue weighted by atomic mass is 28.4. The second kappa shape index (κ2) is 9.58. The van der Waals surface area contributed by atoms with E-state index in [4.69, 9.17) is 22.8 Å². The fraction of sp³-hybridized carbons (Fsp3) is 0.368. The molecule has 0 aliphatic heterocycles. The largest absolute Gasteiger partial charge is 0.500 e. The summed E-state index contributed by atoms with van der Waals surface area (Å²) in [6.07, 6.45) is 0.758. The van der Waals surface area contributed by atoms with Gasteiger partial charge in [0.1, 0.15) is 0 Å². The SMILES string of the molecule is COc1cccc(-c2ccccc2)c1OCCC[Si](OC)(OC)OC. The average Bonchev–Trinajstić information content (AvgIpc) is 2.69. The van der Waals surface area contributed by atoms with Crippen molar-refractivity contribution in [2.45, 2.75) is 12.5 Å². The lowest BCUT2D eigenvalue weighted by Gasteiger charge is -2.24. The number of methoxy groups -OCH3 is 1. The second-order valence-electron chi connectivity index (χ2n) is 5.45. The first-order valence-electron chi connectivity index (χ1n) is 8.20. The van der Waals surface area contributed by atoms with Gasteiger partial charge in [-0.05, 0) is 18.1 Å². The molecule has 6 heteroatoms. The van der Waals surface area contributed by atoms with Crippen LogP contribution >= 0.6 is 0 Å². The molecule has 0 atom stereocenters. The van der Waals surface area contributed by atoms with E-state index in [0.29, 0.717) is 12.7 Å². The van der Waals surface area contributed by atoms with Crippen LogP contribution in [0.1, 0.15) is 6.42 Å². The third-order valence-electron chi connectivity index (χ3n) is 4.09. The fourth-order valence-corrected chi connectivity index (χ4v) is 4.38. The van der Waals surface area contributed by atoms with Crippen LogP contribution in [0.15, 0.2) is 48.5 Å². The Morgan fingerprint density at radius 1 is 0.800 bits per heavy atom. The first-order valence-corrected chi connectivity index (χ1v) is 10.1. The fourth-order valence-electron chi connectivity index (χ4n) is 2.69. The summed E-state index contributed by atoms with van der Waals surface area (Å²) in [5.41, 5.74) is 2.10. The van der Waals surface area contributed by atoms with Crippen molar-refractivity contribution in [1.29, 1.82) is 0 Å². The number of hydrogen-bond donors (Lipinski definition) is 0. The van der Waals surface area contributed by atoms with E-state index in [1.165, 1.54) is 0 Å². The normalized spacial score (nSPS) is 11.4. The molecule has 0 radical (unpaired) electrons. The molecule has 0 N–H and O–H groups in total. The van der Waals surface area contributed by atoms with Gasteiger partial charge in [-0.25, -0.2) is 0 Å². The van der Waals surface area contributed by atoms with Crippen LogP contribution < -0.4 is 9.47 Å². The van der Waals surface area contributed by atoms with Crippen molar-refractivity contribution in [2.24, 2.45) is 0 Å². The van der Waals surface area contributed by atoms with Crippen molar-refractivity contribution in [1.82, 2.24) is 0 Å². The molecule has 136 valence electrons. The van der Waals surface area contributed by atoms with Gasteiger partial charge >= 0.3 is 8.80 Å². The molecule has 0 spiro atoms. The maximum atomic E-state index is 6.07. The summed E-state index contributed by atoms with van der Waals surface area (Å²) < 4.78 is 27.9. The van der Waals surface area contributed by atoms with Gasteiger partial charge in [-0.15, -0.1) is 0 Å². The minimum absolute atomic E-state index is 0.519. The third kappa shape index (κ3) is 4.82. The van der Waals surface area contributed by atoms with E-state index in [1.54, 1.807) is 28.4 Å². The van der Waals surface area contributed by atoms with Gasteiger partial charge in [-0.3, -0.25) is 0 Å². The summed E-state index contributed by atoms with van der Waals surface area (Å²) in [5.74, 6) is 1.46. The highest BCUT2D eigenvalue weighted by molar-refractivity contribution is 6.60. The predicted octanol–water partition coefficient (Wildman–Crippen LogP) is 4.01. The molecule has 5 nitrogen and oxygen atoms in total. The molecule has 0 aliphatic carbocycles. The van der Waals surface area contributed by atoms with Gasteiger partial charge in [0.15, 0.2) is 11.5 Å². The Bertz CT molecular complexity index is 635. The van der Waals surface area contributed by atoms with Crippen LogP contribution in [0.2, 0.25) is 6.04 Å². The van der Waals surface area contributed by atoms with Crippen LogP contribution in [-0.2, 0) is 13.3 Å². The molecule has 0 amide bonds. The number of hydrogen-bond acceptors (Lipinski definition) is 5. The van der Waals surface area contributed by atoms with E-state index in [0.717, 1.165) is 29.0 Å². The smallest absolute Gasteiger partial charge is 0.493 e. The van der Waals surface area contributed by atoms with E-state index in [1.807, 2.05) is 36.4 Å². The van der Waals surface area contributed by atoms with Gasteiger partial charge in [0.2, 0.25) is 0 Å². The van der Waals surface area contributed by atoms with Crippen LogP contribution in [-0.4, -0.2) is 43.9 Å². The van der Waals surface area contributed by atoms with E-state index in [-0.39, 0.29) is 0 Å². The predicted molar refractivity (Wildman–Crippen MR) is 100 cm³/mol. The van der Waals surface area contributed by atoms with E-state index in [9.17, 15) is 0 Å². The van der Waals surface area contributed by atoms with Gasteiger partial charge in [0.05, 0.1) is 13.7 Å². The monoisotopic (exact) mass is 362 g/mol. The Labute approximate surface area is 150 Å². The number of ether oxygens (including phenoxy) is 2. The second-order valence-corrected chi connectivity index (χ2v) is 8.54. The van der Waals surface area contributed by atoms with Gasteiger partial charge in [-0.2, -0.15) is 0 Å². The Morgan fingerprint density at radius 2 is 1.48 bits per heavy atom. The topological polar surface area (TPSA) is 46.2 Å². The van der Waals surface area contributed by atoms with Gasteiger partial charge in [-0.1, -0.05) is 42.5 Å². The molecule has 0 saturated heterocycles. The first-order chi connectivity index (χ1) is 12.2. The highest BCUT2D eigenvalue weighted by Crippen LogP contribution is 2.38. The summed E-state index contributed by atoms with van der Waals surface area (Å²) >= 11 is 0. The average molecular weight is 362 g/mol. The van der Waals surface area contributed by atoms with Crippen molar-refractivity contribution in [3.05, 3.63) is 48.5 Å². The molecule has 0 bridgehead atoms. The lowest BCUT2D eigenvalue weighted by molar-refractivity contribution is 0.121. The molecule has 0 fully saturated rings. The third-order valence-corrected chi connectivity index (χ3v) is 6.92. The van der Waals surface area contributed by atoms with E-state index >= 15 is 0 Å². The molecule has 0 unspecified atom stereocenters. The van der Waals surface area contributed by atoms with Crippen LogP contribution in [0.25, 0.3) is 11.1 Å². The van der Waals surface area contributed by atoms with Gasteiger partial charge < -0.3 is 22.8 Å². The minimum atomic E-state index is -2.57. The molecule has 0 heterocycles. The molecule has 2 rings (SSSR count). The Kier molecular flexibility index (Phi) is 7.45. The number of rotatable bonds is 10. The highest BCUT2D eigenvalue weighted by Gasteiger charge is 2.37. The molecule has 2 aromatic rings. The maximum Gasteiger partial charge on any atom is 0.500 e. The number of benzene rings is 2. The molecule has 0 aromatic heterocycles. The van der Waals surface area contributed by atoms with Gasteiger partial charge in [0, 0.05) is 32.9 Å². The lowest BCUT2D eigenvalue weighted by atomic mass is 10.0. The Balaban J connectivity index is 2.11. The summed E-state index contributed by atoms with van der Waals surface area (Å²) in [6.45, 7) is 0.519. The summed E-state index contributed by atoms with van der Waals surface area (Å²) in [5, 5.41) is 0. The molecule has 25 heavy (non-hydrogen) atoms. The standard InChI is InChI=1S/C19H26O5Si/c1-20-18-13-8-12-17(16-10-6-5-7-11-16)19(18)24-14-9-15-25(21-2,22-3)23-4/h5-8,10-13H,9,14-15H2,1-4H3. The maximum absolute atomic E-state index is 6.07. The lowest BCUT2D eigenvalue weighted by Crippen LogP contribution is -2.42. The molecule has 2 aromatic carbocycles. The van der Waals surface area contributed by atoms with Crippen LogP contribution in [0.3, 0.4) is 0 Å². The quantitative estimate of drug-likeness (QED) is 0.472. The van der Waals surface area contributed by atoms with Crippen molar-refractivity contribution in [3.8, 4) is 22.6 Å². The summed E-state index contributed by atoms with van der Waals surface area (Å²) in [7, 11) is 3.94. The van der Waals surface area contributed by atoms with Gasteiger partial charge in [0.25, 0.3) is 0 Å².